The van der Waals surface area contributed by atoms with E-state index in [2.05, 4.69) is 25.4 Å². The van der Waals surface area contributed by atoms with E-state index < -0.39 is 47.9 Å². The summed E-state index contributed by atoms with van der Waals surface area (Å²) in [4.78, 5) is 75.9. The molecule has 0 aliphatic carbocycles. The largest absolute Gasteiger partial charge is 0.468 e. The number of nitrogens with zero attached hydrogens (tertiary/aromatic N) is 3. The number of aliphatic hydroxyl groups is 1. The van der Waals surface area contributed by atoms with Crippen LogP contribution in [0.1, 0.15) is 73.1 Å². The molecule has 0 saturated heterocycles. The molecule has 20 nitrogen and oxygen atoms in total. The van der Waals surface area contributed by atoms with Crippen molar-refractivity contribution in [3.63, 3.8) is 0 Å². The van der Waals surface area contributed by atoms with E-state index in [4.69, 9.17) is 30.6 Å². The molecule has 7 unspecified atom stereocenters. The van der Waals surface area contributed by atoms with Gasteiger partial charge in [-0.05, 0) is 50.9 Å². The van der Waals surface area contributed by atoms with Gasteiger partial charge in [0.25, 0.3) is 0 Å². The number of nitrogens with one attached hydrogen (secondary N) is 3. The average Bonchev–Trinajstić information content (AvgIpc) is 3.18. The first-order valence-electron chi connectivity index (χ1n) is 19.2. The molecule has 0 aromatic carbocycles. The first-order chi connectivity index (χ1) is 27.4. The second-order valence-electron chi connectivity index (χ2n) is 14.2. The number of methoxy groups -OCH3 is 3. The normalized spacial score (nSPS) is 15.2. The second kappa shape index (κ2) is 30.9. The Kier molecular flexibility index (Phi) is 28.7. The first kappa shape index (κ1) is 53.9. The zero-order chi connectivity index (χ0) is 44.2. The van der Waals surface area contributed by atoms with E-state index in [1.165, 1.54) is 32.4 Å². The summed E-state index contributed by atoms with van der Waals surface area (Å²) in [5.74, 6) is 2.26. The third kappa shape index (κ3) is 23.3. The zero-order valence-corrected chi connectivity index (χ0v) is 36.2. The lowest BCUT2D eigenvalue weighted by Gasteiger charge is -2.27. The van der Waals surface area contributed by atoms with Crippen LogP contribution >= 0.6 is 9.03 Å². The molecule has 0 aromatic heterocycles. The number of esters is 3. The van der Waals surface area contributed by atoms with E-state index in [0.717, 1.165) is 5.01 Å². The maximum absolute atomic E-state index is 12.9. The molecular weight excluding hydrogens is 779 g/mol. The summed E-state index contributed by atoms with van der Waals surface area (Å²) < 4.78 is 25.0. The van der Waals surface area contributed by atoms with Crippen LogP contribution in [0.3, 0.4) is 0 Å². The molecule has 0 fully saturated rings. The second-order valence-corrected chi connectivity index (χ2v) is 14.9. The van der Waals surface area contributed by atoms with Gasteiger partial charge in [0.1, 0.15) is 12.6 Å². The van der Waals surface area contributed by atoms with E-state index in [1.54, 1.807) is 20.8 Å². The molecule has 0 aromatic rings. The highest BCUT2D eigenvalue weighted by Crippen LogP contribution is 2.20. The predicted octanol–water partition coefficient (Wildman–Crippen LogP) is 0.200. The molecule has 0 radical (unpaired) electrons. The number of carbonyl (C=O) groups is 6. The number of nitriles is 1. The fourth-order valence-electron chi connectivity index (χ4n) is 5.58. The molecule has 332 valence electrons. The van der Waals surface area contributed by atoms with Crippen LogP contribution in [0.25, 0.3) is 0 Å². The van der Waals surface area contributed by atoms with Crippen LogP contribution in [-0.4, -0.2) is 136 Å². The summed E-state index contributed by atoms with van der Waals surface area (Å²) >= 11 is 0. The van der Waals surface area contributed by atoms with E-state index in [0.29, 0.717) is 37.9 Å². The first-order valence-corrected chi connectivity index (χ1v) is 20.0. The summed E-state index contributed by atoms with van der Waals surface area (Å²) in [6.45, 7) is 8.74. The van der Waals surface area contributed by atoms with Gasteiger partial charge in [-0.2, -0.15) is 5.26 Å². The molecule has 0 rings (SSSR count). The van der Waals surface area contributed by atoms with Crippen LogP contribution in [0.2, 0.25) is 0 Å². The van der Waals surface area contributed by atoms with Crippen LogP contribution in [0.5, 0.6) is 0 Å². The number of allylic oxidation sites excluding steroid dienone is 1. The molecule has 8 atom stereocenters. The Bertz CT molecular complexity index is 1340. The number of amides is 3. The third-order valence-electron chi connectivity index (χ3n) is 9.15. The van der Waals surface area contributed by atoms with Crippen LogP contribution in [-0.2, 0) is 52.0 Å². The van der Waals surface area contributed by atoms with Gasteiger partial charge in [-0.3, -0.25) is 33.7 Å². The Balaban J connectivity index is 4.77. The van der Waals surface area contributed by atoms with Gasteiger partial charge in [-0.25, -0.2) is 5.84 Å². The van der Waals surface area contributed by atoms with Crippen molar-refractivity contribution >= 4 is 44.7 Å². The summed E-state index contributed by atoms with van der Waals surface area (Å²) in [6, 6.07) is 0.412. The van der Waals surface area contributed by atoms with Crippen molar-refractivity contribution in [1.82, 2.24) is 25.9 Å². The van der Waals surface area contributed by atoms with Gasteiger partial charge in [0.15, 0.2) is 9.03 Å². The standard InChI is InChI=1S/C37H67N8O12P/c1-24(16-26(3)36(51)43-30(23-46)28(5)57-58-56-15-11-13-38)18-42-35(50)27(4)17-25(2)29(39)19-45(40)20-32(47)41-14-10-9-12-31(37(52)55-8)44(21-33(48)53-6)22-34(49)54-7/h19,24-28,30-31,46,58H,9-12,14-18,20-23,39-40H2,1-8H3,(H,41,47)(H,42,50)(H,43,51)/b29-19-/t24?,25?,26?,27?,28-,30?,31?/m1/s1. The Morgan fingerprint density at radius 3 is 2.05 bits per heavy atom. The maximum Gasteiger partial charge on any atom is 0.323 e. The van der Waals surface area contributed by atoms with Crippen molar-refractivity contribution in [3.05, 3.63) is 11.9 Å². The molecule has 0 aliphatic rings. The highest BCUT2D eigenvalue weighted by molar-refractivity contribution is 7.26. The van der Waals surface area contributed by atoms with Gasteiger partial charge in [0, 0.05) is 36.8 Å². The lowest BCUT2D eigenvalue weighted by molar-refractivity contribution is -0.153. The lowest BCUT2D eigenvalue weighted by Crippen LogP contribution is -2.47. The summed E-state index contributed by atoms with van der Waals surface area (Å²) in [7, 11) is 3.27. The third-order valence-corrected chi connectivity index (χ3v) is 9.94. The minimum Gasteiger partial charge on any atom is -0.468 e. The molecule has 21 heteroatoms. The van der Waals surface area contributed by atoms with Gasteiger partial charge in [-0.15, -0.1) is 0 Å². The zero-order valence-electron chi connectivity index (χ0n) is 35.2. The molecular formula is C37H67N8O12P. The molecule has 58 heavy (non-hydrogen) atoms. The number of hydrogen-bond donors (Lipinski definition) is 6. The molecule has 0 bridgehead atoms. The fraction of sp³-hybridized carbons (Fsp3) is 0.757. The number of ether oxygens (including phenoxy) is 3. The number of unbranched alkanes of at least 4 members (excludes halogenated alkanes) is 1. The van der Waals surface area contributed by atoms with E-state index >= 15 is 0 Å². The lowest BCUT2D eigenvalue weighted by atomic mass is 9.93. The van der Waals surface area contributed by atoms with Crippen LogP contribution in [0, 0.1) is 35.0 Å². The number of hydrazine groups is 1. The van der Waals surface area contributed by atoms with Crippen molar-refractivity contribution in [3.8, 4) is 6.07 Å². The number of aliphatic hydroxyl groups excluding tert-OH is 1. The van der Waals surface area contributed by atoms with Crippen LogP contribution in [0.4, 0.5) is 0 Å². The number of rotatable bonds is 31. The fourth-order valence-corrected chi connectivity index (χ4v) is 6.15. The number of carbonyl (C=O) groups excluding carboxylic acids is 6. The van der Waals surface area contributed by atoms with E-state index in [9.17, 15) is 33.9 Å². The summed E-state index contributed by atoms with van der Waals surface area (Å²) in [5.41, 5.74) is 6.64. The minimum absolute atomic E-state index is 0.0225. The molecule has 3 amide bonds. The van der Waals surface area contributed by atoms with Crippen LogP contribution in [0.15, 0.2) is 11.9 Å². The number of nitrogens with two attached hydrogens (primary N) is 2. The molecule has 8 N–H and O–H groups in total. The van der Waals surface area contributed by atoms with Crippen molar-refractivity contribution < 1.29 is 57.1 Å². The van der Waals surface area contributed by atoms with Gasteiger partial charge < -0.3 is 55.1 Å². The molecule has 0 heterocycles. The Hall–Kier alpha value is -4.12. The van der Waals surface area contributed by atoms with E-state index in [1.807, 2.05) is 19.9 Å². The summed E-state index contributed by atoms with van der Waals surface area (Å²) in [6.07, 6.45) is 3.23. The van der Waals surface area contributed by atoms with Crippen molar-refractivity contribution in [2.75, 3.05) is 67.3 Å². The molecule has 0 saturated carbocycles. The average molecular weight is 847 g/mol. The molecule has 0 spiro atoms. The Labute approximate surface area is 344 Å². The predicted molar refractivity (Wildman–Crippen MR) is 214 cm³/mol. The van der Waals surface area contributed by atoms with Gasteiger partial charge in [0.2, 0.25) is 17.7 Å². The number of hydrogen-bond acceptors (Lipinski definition) is 17. The Morgan fingerprint density at radius 1 is 0.862 bits per heavy atom. The highest BCUT2D eigenvalue weighted by atomic mass is 31.1. The quantitative estimate of drug-likeness (QED) is 0.0136. The van der Waals surface area contributed by atoms with Gasteiger partial charge >= 0.3 is 17.9 Å². The highest BCUT2D eigenvalue weighted by Gasteiger charge is 2.30. The van der Waals surface area contributed by atoms with Crippen molar-refractivity contribution in [1.29, 1.82) is 5.26 Å². The van der Waals surface area contributed by atoms with Crippen LogP contribution < -0.4 is 27.5 Å². The molecule has 0 aliphatic heterocycles. The summed E-state index contributed by atoms with van der Waals surface area (Å²) in [5, 5.41) is 28.0. The van der Waals surface area contributed by atoms with Crippen molar-refractivity contribution in [2.24, 2.45) is 35.2 Å². The topological polar surface area (TPSA) is 287 Å². The Morgan fingerprint density at radius 2 is 1.48 bits per heavy atom. The van der Waals surface area contributed by atoms with Crippen molar-refractivity contribution in [2.45, 2.75) is 91.3 Å². The van der Waals surface area contributed by atoms with Gasteiger partial charge in [0.05, 0.1) is 72.3 Å². The maximum atomic E-state index is 12.9. The van der Waals surface area contributed by atoms with E-state index in [-0.39, 0.29) is 90.8 Å². The smallest absolute Gasteiger partial charge is 0.323 e. The SMILES string of the molecule is COC(=O)CN(CC(=O)OC)C(CCCCNC(=O)CN(N)/C=C(\N)C(C)CC(C)C(=O)NCC(C)CC(C)C(=O)NC(CO)[C@@H](C)OPOCCC#N)C(=O)OC. The minimum atomic E-state index is -0.919. The van der Waals surface area contributed by atoms with Gasteiger partial charge in [-0.1, -0.05) is 27.7 Å². The monoisotopic (exact) mass is 846 g/mol.